The molecule has 0 unspecified atom stereocenters. The Hall–Kier alpha value is 1.04. The molecule has 0 atom stereocenters. The Balaban J connectivity index is 0. The fraction of sp³-hybridized carbons (Fsp3) is 1.00. The van der Waals surface area contributed by atoms with E-state index in [4.69, 9.17) is 0 Å². The van der Waals surface area contributed by atoms with Crippen molar-refractivity contribution in [2.75, 3.05) is 0 Å². The van der Waals surface area contributed by atoms with Gasteiger partial charge in [0.25, 0.3) is 0 Å². The summed E-state index contributed by atoms with van der Waals surface area (Å²) in [5, 5.41) is 0. The molecule has 0 saturated heterocycles. The maximum Gasteiger partial charge on any atom is 0.0464 e. The van der Waals surface area contributed by atoms with E-state index in [-0.39, 0.29) is 7.43 Å². The summed E-state index contributed by atoms with van der Waals surface area (Å²) in [6.07, 6.45) is 0. The minimum absolute atomic E-state index is 0. The van der Waals surface area contributed by atoms with Gasteiger partial charge in [-0.2, -0.15) is 0 Å². The zero-order valence-electron chi connectivity index (χ0n) is 1.71. The highest BCUT2D eigenvalue weighted by molar-refractivity contribution is 8.40. The molecule has 0 aromatic heterocycles. The molecule has 0 radical (unpaired) electrons. The molecule has 5 heavy (non-hydrogen) atoms. The SMILES string of the molecule is C.S=PP=S. The van der Waals surface area contributed by atoms with Crippen LogP contribution in [-0.2, 0) is 23.6 Å². The molecule has 0 aliphatic heterocycles. The molecule has 30 valence electrons. The summed E-state index contributed by atoms with van der Waals surface area (Å²) in [6, 6.07) is 0. The second-order valence-corrected chi connectivity index (χ2v) is 4.41. The average Bonchev–Trinajstić information content (AvgIpc) is 1.37. The molecule has 0 aliphatic carbocycles. The summed E-state index contributed by atoms with van der Waals surface area (Å²) < 4.78 is 0. The van der Waals surface area contributed by atoms with Crippen LogP contribution in [0.3, 0.4) is 0 Å². The smallest absolute Gasteiger partial charge is 0.0464 e. The van der Waals surface area contributed by atoms with Crippen molar-refractivity contribution in [2.45, 2.75) is 7.43 Å². The van der Waals surface area contributed by atoms with Crippen molar-refractivity contribution in [3.05, 3.63) is 0 Å². The number of hydrogen-bond acceptors (Lipinski definition) is 2. The molecule has 0 amide bonds. The molecule has 0 aromatic carbocycles. The second-order valence-electron chi connectivity index (χ2n) is 0.163. The quantitative estimate of drug-likeness (QED) is 0.515. The average molecular weight is 142 g/mol. The van der Waals surface area contributed by atoms with Crippen LogP contribution in [0.4, 0.5) is 0 Å². The topological polar surface area (TPSA) is 0 Å². The molecule has 0 nitrogen and oxygen atoms in total. The van der Waals surface area contributed by atoms with Gasteiger partial charge in [0.2, 0.25) is 0 Å². The van der Waals surface area contributed by atoms with Crippen LogP contribution in [-0.4, -0.2) is 0 Å². The lowest BCUT2D eigenvalue weighted by Gasteiger charge is -1.34. The van der Waals surface area contributed by atoms with Crippen LogP contribution < -0.4 is 0 Å². The molecule has 0 bridgehead atoms. The van der Waals surface area contributed by atoms with Crippen molar-refractivity contribution in [3.8, 4) is 0 Å². The molecule has 0 rings (SSSR count). The van der Waals surface area contributed by atoms with Gasteiger partial charge in [-0.05, 0) is 23.6 Å². The summed E-state index contributed by atoms with van der Waals surface area (Å²) in [7, 11) is 1.74. The molecular weight excluding hydrogens is 138 g/mol. The van der Waals surface area contributed by atoms with Crippen molar-refractivity contribution < 1.29 is 0 Å². The van der Waals surface area contributed by atoms with Gasteiger partial charge >= 0.3 is 0 Å². The van der Waals surface area contributed by atoms with Crippen LogP contribution in [0.1, 0.15) is 7.43 Å². The molecule has 0 spiro atoms. The molecule has 0 heterocycles. The Morgan fingerprint density at radius 3 is 1.20 bits per heavy atom. The van der Waals surface area contributed by atoms with E-state index in [0.717, 1.165) is 14.1 Å². The van der Waals surface area contributed by atoms with E-state index in [1.54, 1.807) is 0 Å². The van der Waals surface area contributed by atoms with E-state index in [2.05, 4.69) is 23.6 Å². The lowest BCUT2D eigenvalue weighted by atomic mass is 12.0. The molecular formula is CH4P2S2. The van der Waals surface area contributed by atoms with Crippen molar-refractivity contribution in [3.63, 3.8) is 0 Å². The van der Waals surface area contributed by atoms with Gasteiger partial charge in [0.15, 0.2) is 0 Å². The molecule has 0 aromatic rings. The van der Waals surface area contributed by atoms with E-state index in [1.807, 2.05) is 0 Å². The maximum absolute atomic E-state index is 4.41. The van der Waals surface area contributed by atoms with Crippen LogP contribution in [0.15, 0.2) is 0 Å². The summed E-state index contributed by atoms with van der Waals surface area (Å²) >= 11 is 8.82. The Bertz CT molecular complexity index is 28.6. The largest absolute Gasteiger partial charge is 0.0776 e. The van der Waals surface area contributed by atoms with Gasteiger partial charge in [0.05, 0.1) is 0 Å². The Morgan fingerprint density at radius 2 is 1.20 bits per heavy atom. The molecule has 0 fully saturated rings. The fourth-order valence-electron chi connectivity index (χ4n) is 0. The van der Waals surface area contributed by atoms with Gasteiger partial charge in [0, 0.05) is 14.1 Å². The van der Waals surface area contributed by atoms with Gasteiger partial charge in [-0.1, -0.05) is 7.43 Å². The fourth-order valence-corrected chi connectivity index (χ4v) is 0. The summed E-state index contributed by atoms with van der Waals surface area (Å²) in [5.41, 5.74) is 0. The Kier molecular flexibility index (Phi) is 16.7. The van der Waals surface area contributed by atoms with Crippen LogP contribution in [0.5, 0.6) is 0 Å². The standard InChI is InChI=1S/CH4.P2S2/c;3-1-2-4/h1H4;. The highest BCUT2D eigenvalue weighted by Crippen LogP contribution is 2.10. The zero-order chi connectivity index (χ0) is 3.41. The number of rotatable bonds is 1. The molecule has 0 saturated carbocycles. The highest BCUT2D eigenvalue weighted by Gasteiger charge is 1.39. The van der Waals surface area contributed by atoms with E-state index in [9.17, 15) is 0 Å². The van der Waals surface area contributed by atoms with Crippen LogP contribution >= 0.6 is 14.1 Å². The predicted molar refractivity (Wildman–Crippen MR) is 35.3 cm³/mol. The van der Waals surface area contributed by atoms with Crippen molar-refractivity contribution in [1.82, 2.24) is 0 Å². The van der Waals surface area contributed by atoms with Gasteiger partial charge in [-0.3, -0.25) is 0 Å². The Labute approximate surface area is 45.5 Å². The molecule has 0 N–H and O–H groups in total. The van der Waals surface area contributed by atoms with Crippen molar-refractivity contribution in [2.24, 2.45) is 0 Å². The van der Waals surface area contributed by atoms with E-state index in [1.165, 1.54) is 0 Å². The van der Waals surface area contributed by atoms with Gasteiger partial charge in [-0.25, -0.2) is 0 Å². The first-order valence-electron chi connectivity index (χ1n) is 0.565. The number of hydrogen-bond donors (Lipinski definition) is 0. The second kappa shape index (κ2) is 8.90. The maximum atomic E-state index is 4.41. The molecule has 4 heteroatoms. The first-order chi connectivity index (χ1) is 1.91. The van der Waals surface area contributed by atoms with E-state index < -0.39 is 0 Å². The minimum Gasteiger partial charge on any atom is -0.0776 e. The predicted octanol–water partition coefficient (Wildman–Crippen LogP) is 2.35. The first kappa shape index (κ1) is 9.40. The Morgan fingerprint density at radius 1 is 1.00 bits per heavy atom. The van der Waals surface area contributed by atoms with Crippen LogP contribution in [0, 0.1) is 0 Å². The van der Waals surface area contributed by atoms with Gasteiger partial charge in [-0.15, -0.1) is 0 Å². The monoisotopic (exact) mass is 142 g/mol. The first-order valence-corrected chi connectivity index (χ1v) is 5.09. The zero-order valence-corrected chi connectivity index (χ0v) is 5.13. The van der Waals surface area contributed by atoms with Crippen molar-refractivity contribution >= 4 is 37.7 Å². The third kappa shape index (κ3) is 11.2. The van der Waals surface area contributed by atoms with Crippen LogP contribution in [0.25, 0.3) is 0 Å². The normalized spacial score (nSPS) is 7.20. The van der Waals surface area contributed by atoms with E-state index in [0.29, 0.717) is 0 Å². The summed E-state index contributed by atoms with van der Waals surface area (Å²) in [5.74, 6) is 0. The third-order valence-corrected chi connectivity index (χ3v) is 2.70. The molecule has 0 aliphatic rings. The lowest BCUT2D eigenvalue weighted by Crippen LogP contribution is -0.780. The van der Waals surface area contributed by atoms with Gasteiger partial charge in [0.1, 0.15) is 0 Å². The third-order valence-electron chi connectivity index (χ3n) is 0.0333. The summed E-state index contributed by atoms with van der Waals surface area (Å²) in [4.78, 5) is 0. The van der Waals surface area contributed by atoms with E-state index >= 15 is 0 Å². The summed E-state index contributed by atoms with van der Waals surface area (Å²) in [6.45, 7) is 0. The van der Waals surface area contributed by atoms with Crippen LogP contribution in [0.2, 0.25) is 0 Å². The lowest BCUT2D eigenvalue weighted by molar-refractivity contribution is 2.50. The van der Waals surface area contributed by atoms with Crippen molar-refractivity contribution in [1.29, 1.82) is 0 Å². The highest BCUT2D eigenvalue weighted by atomic mass is 32.7. The van der Waals surface area contributed by atoms with Gasteiger partial charge < -0.3 is 0 Å². The minimum atomic E-state index is 0.